The smallest absolute Gasteiger partial charge is 0.309 e. The predicted octanol–water partition coefficient (Wildman–Crippen LogP) is 2.57. The Labute approximate surface area is 111 Å². The molecule has 0 radical (unpaired) electrons. The van der Waals surface area contributed by atoms with Crippen LogP contribution in [0.15, 0.2) is 24.3 Å². The maximum atomic E-state index is 11.7. The Hall–Kier alpha value is -1.55. The van der Waals surface area contributed by atoms with Gasteiger partial charge in [-0.05, 0) is 38.5 Å². The highest BCUT2D eigenvalue weighted by atomic mass is 35.5. The number of carboxylic acid groups (broad SMARTS) is 1. The summed E-state index contributed by atoms with van der Waals surface area (Å²) in [6.07, 6.45) is 0.370. The lowest BCUT2D eigenvalue weighted by Gasteiger charge is -2.18. The van der Waals surface area contributed by atoms with Crippen LogP contribution in [0.3, 0.4) is 0 Å². The second-order valence-corrected chi connectivity index (χ2v) is 5.14. The van der Waals surface area contributed by atoms with Gasteiger partial charge in [-0.3, -0.25) is 9.59 Å². The molecule has 1 amide bonds. The lowest BCUT2D eigenvalue weighted by atomic mass is 9.90. The zero-order valence-electron chi connectivity index (χ0n) is 10.4. The minimum Gasteiger partial charge on any atom is -0.481 e. The first kappa shape index (κ1) is 14.5. The third-order valence-corrected chi connectivity index (χ3v) is 2.94. The molecule has 0 atom stereocenters. The van der Waals surface area contributed by atoms with E-state index in [0.717, 1.165) is 0 Å². The Balaban J connectivity index is 2.50. The van der Waals surface area contributed by atoms with Gasteiger partial charge in [-0.15, -0.1) is 0 Å². The largest absolute Gasteiger partial charge is 0.481 e. The van der Waals surface area contributed by atoms with Gasteiger partial charge in [0.1, 0.15) is 0 Å². The van der Waals surface area contributed by atoms with Crippen molar-refractivity contribution in [1.82, 2.24) is 5.32 Å². The Bertz CT molecular complexity index is 457. The van der Waals surface area contributed by atoms with Crippen molar-refractivity contribution in [3.63, 3.8) is 0 Å². The highest BCUT2D eigenvalue weighted by Gasteiger charge is 2.26. The standard InChI is InChI=1S/C13H16ClNO3/c1-13(2,12(17)18)6-7-15-11(16)9-4-3-5-10(14)8-9/h3-5,8H,6-7H2,1-2H3,(H,15,16)(H,17,18). The van der Waals surface area contributed by atoms with Gasteiger partial charge in [0.15, 0.2) is 0 Å². The average molecular weight is 270 g/mol. The van der Waals surface area contributed by atoms with Gasteiger partial charge >= 0.3 is 5.97 Å². The number of aliphatic carboxylic acids is 1. The summed E-state index contributed by atoms with van der Waals surface area (Å²) in [5.74, 6) is -1.13. The number of carboxylic acids is 1. The molecule has 0 spiro atoms. The summed E-state index contributed by atoms with van der Waals surface area (Å²) in [7, 11) is 0. The Morgan fingerprint density at radius 1 is 1.39 bits per heavy atom. The molecule has 2 N–H and O–H groups in total. The van der Waals surface area contributed by atoms with E-state index in [9.17, 15) is 9.59 Å². The third kappa shape index (κ3) is 4.04. The number of carbonyl (C=O) groups is 2. The van der Waals surface area contributed by atoms with Crippen LogP contribution in [0.4, 0.5) is 0 Å². The summed E-state index contributed by atoms with van der Waals surface area (Å²) >= 11 is 5.78. The number of halogens is 1. The van der Waals surface area contributed by atoms with Crippen LogP contribution in [0.5, 0.6) is 0 Å². The molecule has 0 unspecified atom stereocenters. The van der Waals surface area contributed by atoms with Gasteiger partial charge in [-0.1, -0.05) is 17.7 Å². The van der Waals surface area contributed by atoms with Crippen LogP contribution in [0.25, 0.3) is 0 Å². The molecule has 0 bridgehead atoms. The van der Waals surface area contributed by atoms with Crippen molar-refractivity contribution in [2.75, 3.05) is 6.54 Å². The van der Waals surface area contributed by atoms with Crippen molar-refractivity contribution in [1.29, 1.82) is 0 Å². The average Bonchev–Trinajstić information content (AvgIpc) is 2.28. The predicted molar refractivity (Wildman–Crippen MR) is 69.8 cm³/mol. The molecule has 98 valence electrons. The molecular weight excluding hydrogens is 254 g/mol. The van der Waals surface area contributed by atoms with Gasteiger partial charge in [0.25, 0.3) is 5.91 Å². The van der Waals surface area contributed by atoms with Crippen molar-refractivity contribution in [2.45, 2.75) is 20.3 Å². The number of nitrogens with one attached hydrogen (secondary N) is 1. The number of rotatable bonds is 5. The van der Waals surface area contributed by atoms with Crippen molar-refractivity contribution < 1.29 is 14.7 Å². The van der Waals surface area contributed by atoms with E-state index in [0.29, 0.717) is 23.6 Å². The van der Waals surface area contributed by atoms with Gasteiger partial charge in [0.05, 0.1) is 5.41 Å². The van der Waals surface area contributed by atoms with E-state index in [1.807, 2.05) is 0 Å². The number of hydrogen-bond acceptors (Lipinski definition) is 2. The third-order valence-electron chi connectivity index (χ3n) is 2.70. The minimum atomic E-state index is -0.875. The maximum absolute atomic E-state index is 11.7. The molecule has 0 fully saturated rings. The zero-order valence-corrected chi connectivity index (χ0v) is 11.1. The maximum Gasteiger partial charge on any atom is 0.309 e. The van der Waals surface area contributed by atoms with Crippen LogP contribution in [-0.4, -0.2) is 23.5 Å². The second-order valence-electron chi connectivity index (χ2n) is 4.71. The molecule has 0 saturated carbocycles. The normalized spacial score (nSPS) is 11.1. The fourth-order valence-electron chi connectivity index (χ4n) is 1.33. The summed E-state index contributed by atoms with van der Waals surface area (Å²) in [5.41, 5.74) is -0.377. The summed E-state index contributed by atoms with van der Waals surface area (Å²) < 4.78 is 0. The van der Waals surface area contributed by atoms with Crippen molar-refractivity contribution in [3.05, 3.63) is 34.9 Å². The highest BCUT2D eigenvalue weighted by Crippen LogP contribution is 2.19. The molecule has 0 aliphatic heterocycles. The molecule has 0 saturated heterocycles. The quantitative estimate of drug-likeness (QED) is 0.863. The van der Waals surface area contributed by atoms with E-state index < -0.39 is 11.4 Å². The molecule has 1 aromatic carbocycles. The number of carbonyl (C=O) groups excluding carboxylic acids is 1. The number of benzene rings is 1. The molecule has 4 nitrogen and oxygen atoms in total. The first-order valence-electron chi connectivity index (χ1n) is 5.60. The molecule has 0 aliphatic rings. The van der Waals surface area contributed by atoms with E-state index in [4.69, 9.17) is 16.7 Å². The summed E-state index contributed by atoms with van der Waals surface area (Å²) in [6.45, 7) is 3.56. The fraction of sp³-hybridized carbons (Fsp3) is 0.385. The van der Waals surface area contributed by atoms with E-state index in [1.54, 1.807) is 38.1 Å². The van der Waals surface area contributed by atoms with Crippen LogP contribution in [-0.2, 0) is 4.79 Å². The molecule has 0 aliphatic carbocycles. The monoisotopic (exact) mass is 269 g/mol. The Kier molecular flexibility index (Phi) is 4.73. The van der Waals surface area contributed by atoms with E-state index >= 15 is 0 Å². The molecule has 1 aromatic rings. The topological polar surface area (TPSA) is 66.4 Å². The van der Waals surface area contributed by atoms with Crippen molar-refractivity contribution in [3.8, 4) is 0 Å². The lowest BCUT2D eigenvalue weighted by Crippen LogP contribution is -2.31. The van der Waals surface area contributed by atoms with Crippen LogP contribution in [0, 0.1) is 5.41 Å². The summed E-state index contributed by atoms with van der Waals surface area (Å²) in [4.78, 5) is 22.6. The van der Waals surface area contributed by atoms with E-state index in [1.165, 1.54) is 0 Å². The molecule has 1 rings (SSSR count). The molecule has 0 heterocycles. The van der Waals surface area contributed by atoms with Crippen LogP contribution >= 0.6 is 11.6 Å². The highest BCUT2D eigenvalue weighted by molar-refractivity contribution is 6.30. The first-order valence-corrected chi connectivity index (χ1v) is 5.98. The second kappa shape index (κ2) is 5.87. The first-order chi connectivity index (χ1) is 8.33. The van der Waals surface area contributed by atoms with Crippen LogP contribution in [0.1, 0.15) is 30.6 Å². The van der Waals surface area contributed by atoms with Crippen molar-refractivity contribution in [2.24, 2.45) is 5.41 Å². The van der Waals surface area contributed by atoms with Crippen LogP contribution < -0.4 is 5.32 Å². The zero-order chi connectivity index (χ0) is 13.8. The van der Waals surface area contributed by atoms with Gasteiger partial charge in [-0.25, -0.2) is 0 Å². The SMILES string of the molecule is CC(C)(CCNC(=O)c1cccc(Cl)c1)C(=O)O. The van der Waals surface area contributed by atoms with E-state index in [-0.39, 0.29) is 5.91 Å². The molecule has 18 heavy (non-hydrogen) atoms. The van der Waals surface area contributed by atoms with Gasteiger partial charge in [0, 0.05) is 17.1 Å². The molecule has 5 heteroatoms. The fourth-order valence-corrected chi connectivity index (χ4v) is 1.52. The minimum absolute atomic E-state index is 0.251. The Morgan fingerprint density at radius 2 is 2.06 bits per heavy atom. The van der Waals surface area contributed by atoms with Crippen molar-refractivity contribution >= 4 is 23.5 Å². The van der Waals surface area contributed by atoms with Crippen LogP contribution in [0.2, 0.25) is 5.02 Å². The van der Waals surface area contributed by atoms with Gasteiger partial charge < -0.3 is 10.4 Å². The van der Waals surface area contributed by atoms with Gasteiger partial charge in [-0.2, -0.15) is 0 Å². The number of hydrogen-bond donors (Lipinski definition) is 2. The Morgan fingerprint density at radius 3 is 2.61 bits per heavy atom. The van der Waals surface area contributed by atoms with Gasteiger partial charge in [0.2, 0.25) is 0 Å². The number of amides is 1. The molecule has 0 aromatic heterocycles. The summed E-state index contributed by atoms with van der Waals surface area (Å²) in [6, 6.07) is 6.60. The van der Waals surface area contributed by atoms with E-state index in [2.05, 4.69) is 5.32 Å². The summed E-state index contributed by atoms with van der Waals surface area (Å²) in [5, 5.41) is 12.1. The molecular formula is C13H16ClNO3. The lowest BCUT2D eigenvalue weighted by molar-refractivity contribution is -0.147.